The van der Waals surface area contributed by atoms with Crippen LogP contribution in [-0.4, -0.2) is 16.1 Å². The van der Waals surface area contributed by atoms with E-state index in [4.69, 9.17) is 16.7 Å². The van der Waals surface area contributed by atoms with Crippen LogP contribution in [-0.2, 0) is 4.79 Å². The number of aliphatic carboxylic acids is 1. The number of nitrogens with zero attached hydrogens (tertiary/aromatic N) is 1. The monoisotopic (exact) mass is 259 g/mol. The Morgan fingerprint density at radius 1 is 1.11 bits per heavy atom. The molecule has 3 nitrogen and oxygen atoms in total. The van der Waals surface area contributed by atoms with Crippen molar-refractivity contribution in [3.8, 4) is 11.1 Å². The molecule has 18 heavy (non-hydrogen) atoms. The molecule has 90 valence electrons. The number of hydrogen-bond donors (Lipinski definition) is 1. The molecular weight excluding hydrogens is 250 g/mol. The van der Waals surface area contributed by atoms with Gasteiger partial charge in [0.05, 0.1) is 5.69 Å². The van der Waals surface area contributed by atoms with E-state index in [0.717, 1.165) is 17.2 Å². The van der Waals surface area contributed by atoms with Gasteiger partial charge in [-0.3, -0.25) is 4.98 Å². The highest BCUT2D eigenvalue weighted by molar-refractivity contribution is 6.30. The first-order valence-corrected chi connectivity index (χ1v) is 5.66. The second-order valence-corrected chi connectivity index (χ2v) is 4.09. The molecule has 2 rings (SSSR count). The fourth-order valence-corrected chi connectivity index (χ4v) is 1.60. The van der Waals surface area contributed by atoms with E-state index >= 15 is 0 Å². The molecule has 1 N–H and O–H groups in total. The number of carbonyl (C=O) groups is 1. The highest BCUT2D eigenvalue weighted by atomic mass is 35.5. The number of carboxylic acid groups (broad SMARTS) is 1. The Bertz CT molecular complexity index is 574. The van der Waals surface area contributed by atoms with Gasteiger partial charge < -0.3 is 5.11 Å². The minimum absolute atomic E-state index is 0.607. The van der Waals surface area contributed by atoms with Crippen LogP contribution in [0.3, 0.4) is 0 Å². The molecule has 1 aromatic heterocycles. The summed E-state index contributed by atoms with van der Waals surface area (Å²) in [5.41, 5.74) is 2.58. The van der Waals surface area contributed by atoms with E-state index < -0.39 is 5.97 Å². The lowest BCUT2D eigenvalue weighted by molar-refractivity contribution is -0.131. The number of benzene rings is 1. The maximum atomic E-state index is 10.4. The van der Waals surface area contributed by atoms with Gasteiger partial charge in [0.15, 0.2) is 0 Å². The van der Waals surface area contributed by atoms with Crippen LogP contribution in [0.25, 0.3) is 17.2 Å². The maximum Gasteiger partial charge on any atom is 0.328 e. The van der Waals surface area contributed by atoms with Gasteiger partial charge in [-0.25, -0.2) is 4.79 Å². The highest BCUT2D eigenvalue weighted by Crippen LogP contribution is 2.20. The van der Waals surface area contributed by atoms with Crippen molar-refractivity contribution < 1.29 is 9.90 Å². The molecule has 4 heteroatoms. The van der Waals surface area contributed by atoms with Crippen LogP contribution in [0, 0.1) is 0 Å². The zero-order valence-corrected chi connectivity index (χ0v) is 10.1. The van der Waals surface area contributed by atoms with Crippen LogP contribution in [0.5, 0.6) is 0 Å². The van der Waals surface area contributed by atoms with E-state index in [0.29, 0.717) is 10.7 Å². The summed E-state index contributed by atoms with van der Waals surface area (Å²) in [5.74, 6) is -0.987. The Morgan fingerprint density at radius 2 is 1.78 bits per heavy atom. The first-order valence-electron chi connectivity index (χ1n) is 5.28. The van der Waals surface area contributed by atoms with Crippen LogP contribution in [0.15, 0.2) is 48.7 Å². The van der Waals surface area contributed by atoms with Crippen LogP contribution in [0.4, 0.5) is 0 Å². The number of hydrogen-bond acceptors (Lipinski definition) is 2. The number of rotatable bonds is 3. The molecule has 0 unspecified atom stereocenters. The summed E-state index contributed by atoms with van der Waals surface area (Å²) in [4.78, 5) is 14.5. The van der Waals surface area contributed by atoms with Gasteiger partial charge in [-0.1, -0.05) is 29.8 Å². The van der Waals surface area contributed by atoms with Crippen molar-refractivity contribution in [2.45, 2.75) is 0 Å². The number of halogens is 1. The maximum absolute atomic E-state index is 10.4. The van der Waals surface area contributed by atoms with E-state index in [-0.39, 0.29) is 0 Å². The van der Waals surface area contributed by atoms with Crippen molar-refractivity contribution in [3.05, 3.63) is 59.4 Å². The van der Waals surface area contributed by atoms with Gasteiger partial charge in [0.2, 0.25) is 0 Å². The number of carboxylic acids is 1. The molecule has 0 aliphatic rings. The summed E-state index contributed by atoms with van der Waals surface area (Å²) >= 11 is 5.81. The first-order chi connectivity index (χ1) is 8.65. The van der Waals surface area contributed by atoms with E-state index in [1.165, 1.54) is 6.08 Å². The second-order valence-electron chi connectivity index (χ2n) is 3.65. The molecule has 0 fully saturated rings. The van der Waals surface area contributed by atoms with Crippen molar-refractivity contribution in [2.24, 2.45) is 0 Å². The van der Waals surface area contributed by atoms with E-state index in [1.807, 2.05) is 30.3 Å². The Balaban J connectivity index is 2.22. The molecule has 0 aliphatic heterocycles. The van der Waals surface area contributed by atoms with Crippen LogP contribution < -0.4 is 0 Å². The molecule has 2 aromatic rings. The van der Waals surface area contributed by atoms with Crippen LogP contribution >= 0.6 is 11.6 Å². The average molecular weight is 260 g/mol. The predicted octanol–water partition coefficient (Wildman–Crippen LogP) is 3.50. The van der Waals surface area contributed by atoms with Gasteiger partial charge in [0.1, 0.15) is 0 Å². The van der Waals surface area contributed by atoms with Gasteiger partial charge in [-0.05, 0) is 29.8 Å². The van der Waals surface area contributed by atoms with Crippen LogP contribution in [0.2, 0.25) is 5.02 Å². The van der Waals surface area contributed by atoms with Gasteiger partial charge in [-0.15, -0.1) is 0 Å². The van der Waals surface area contributed by atoms with Crippen LogP contribution in [0.1, 0.15) is 5.69 Å². The predicted molar refractivity (Wildman–Crippen MR) is 71.4 cm³/mol. The summed E-state index contributed by atoms with van der Waals surface area (Å²) in [6.45, 7) is 0. The minimum Gasteiger partial charge on any atom is -0.478 e. The summed E-state index contributed by atoms with van der Waals surface area (Å²) in [6, 6.07) is 11.1. The molecule has 0 saturated carbocycles. The zero-order valence-electron chi connectivity index (χ0n) is 9.38. The van der Waals surface area contributed by atoms with E-state index in [2.05, 4.69) is 4.98 Å². The molecule has 0 amide bonds. The van der Waals surface area contributed by atoms with Crippen molar-refractivity contribution >= 4 is 23.6 Å². The zero-order chi connectivity index (χ0) is 13.0. The lowest BCUT2D eigenvalue weighted by Gasteiger charge is -2.01. The fourth-order valence-electron chi connectivity index (χ4n) is 1.47. The van der Waals surface area contributed by atoms with Gasteiger partial charge >= 0.3 is 5.97 Å². The van der Waals surface area contributed by atoms with E-state index in [9.17, 15) is 4.79 Å². The number of pyridine rings is 1. The largest absolute Gasteiger partial charge is 0.478 e. The summed E-state index contributed by atoms with van der Waals surface area (Å²) in [7, 11) is 0. The average Bonchev–Trinajstić information content (AvgIpc) is 2.38. The first kappa shape index (κ1) is 12.3. The summed E-state index contributed by atoms with van der Waals surface area (Å²) in [5, 5.41) is 9.19. The Hall–Kier alpha value is -2.13. The third-order valence-corrected chi connectivity index (χ3v) is 2.61. The lowest BCUT2D eigenvalue weighted by Crippen LogP contribution is -1.87. The molecule has 1 aromatic carbocycles. The molecule has 0 bridgehead atoms. The van der Waals surface area contributed by atoms with Gasteiger partial charge in [0, 0.05) is 22.9 Å². The van der Waals surface area contributed by atoms with Crippen molar-refractivity contribution in [3.63, 3.8) is 0 Å². The van der Waals surface area contributed by atoms with E-state index in [1.54, 1.807) is 12.3 Å². The molecular formula is C14H10ClNO2. The highest BCUT2D eigenvalue weighted by Gasteiger charge is 1.98. The van der Waals surface area contributed by atoms with Crippen molar-refractivity contribution in [1.29, 1.82) is 0 Å². The Kier molecular flexibility index (Phi) is 3.75. The Labute approximate surface area is 109 Å². The molecule has 0 saturated heterocycles. The van der Waals surface area contributed by atoms with Crippen molar-refractivity contribution in [1.82, 2.24) is 4.98 Å². The molecule has 0 atom stereocenters. The van der Waals surface area contributed by atoms with Crippen molar-refractivity contribution in [2.75, 3.05) is 0 Å². The van der Waals surface area contributed by atoms with Gasteiger partial charge in [-0.2, -0.15) is 0 Å². The van der Waals surface area contributed by atoms with Gasteiger partial charge in [0.25, 0.3) is 0 Å². The lowest BCUT2D eigenvalue weighted by atomic mass is 10.1. The topological polar surface area (TPSA) is 50.2 Å². The molecule has 0 radical (unpaired) electrons. The quantitative estimate of drug-likeness (QED) is 0.859. The fraction of sp³-hybridized carbons (Fsp3) is 0. The molecule has 0 aliphatic carbocycles. The summed E-state index contributed by atoms with van der Waals surface area (Å²) < 4.78 is 0. The SMILES string of the molecule is O=C(O)C=Cc1ccc(-c2ccc(Cl)cc2)cn1. The summed E-state index contributed by atoms with van der Waals surface area (Å²) in [6.07, 6.45) is 4.21. The standard InChI is InChI=1S/C14H10ClNO2/c15-12-4-1-10(2-5-12)11-3-6-13(16-9-11)7-8-14(17)18/h1-9H,(H,17,18). The second kappa shape index (κ2) is 5.47. The number of aromatic nitrogens is 1. The third kappa shape index (κ3) is 3.18. The third-order valence-electron chi connectivity index (χ3n) is 2.36. The molecule has 1 heterocycles. The Morgan fingerprint density at radius 3 is 2.33 bits per heavy atom. The normalized spacial score (nSPS) is 10.7. The minimum atomic E-state index is -0.987. The smallest absolute Gasteiger partial charge is 0.328 e. The molecule has 0 spiro atoms.